The fourth-order valence-electron chi connectivity index (χ4n) is 4.23. The van der Waals surface area contributed by atoms with Gasteiger partial charge in [-0.3, -0.25) is 14.5 Å². The lowest BCUT2D eigenvalue weighted by Crippen LogP contribution is -2.55. The first-order valence-electron chi connectivity index (χ1n) is 11.6. The van der Waals surface area contributed by atoms with Crippen LogP contribution in [0.5, 0.6) is 0 Å². The number of hydrogen-bond acceptors (Lipinski definition) is 5. The summed E-state index contributed by atoms with van der Waals surface area (Å²) < 4.78 is 6.05. The fraction of sp³-hybridized carbons (Fsp3) is 0.138. The molecule has 2 aliphatic rings. The fourth-order valence-corrected chi connectivity index (χ4v) is 5.43. The molecule has 0 radical (unpaired) electrons. The zero-order valence-corrected chi connectivity index (χ0v) is 20.2. The second-order valence-corrected chi connectivity index (χ2v) is 9.63. The van der Waals surface area contributed by atoms with Gasteiger partial charge in [0.2, 0.25) is 5.91 Å². The molecule has 3 aromatic rings. The largest absolute Gasteiger partial charge is 0.448 e. The molecule has 1 atom stereocenters. The number of rotatable bonds is 7. The number of esters is 1. The molecule has 2 heterocycles. The van der Waals surface area contributed by atoms with Crippen molar-refractivity contribution < 1.29 is 19.1 Å². The third kappa shape index (κ3) is 4.70. The van der Waals surface area contributed by atoms with Crippen LogP contribution in [0, 0.1) is 0 Å². The number of benzene rings is 3. The first-order valence-corrected chi connectivity index (χ1v) is 12.6. The predicted molar refractivity (Wildman–Crippen MR) is 139 cm³/mol. The zero-order valence-electron chi connectivity index (χ0n) is 19.4. The van der Waals surface area contributed by atoms with Gasteiger partial charge in [-0.15, -0.1) is 11.8 Å². The van der Waals surface area contributed by atoms with Gasteiger partial charge in [0.05, 0.1) is 17.5 Å². The maximum absolute atomic E-state index is 13.7. The molecule has 0 aromatic heterocycles. The van der Waals surface area contributed by atoms with E-state index in [9.17, 15) is 14.4 Å². The van der Waals surface area contributed by atoms with Crippen molar-refractivity contribution >= 4 is 35.1 Å². The van der Waals surface area contributed by atoms with E-state index in [-0.39, 0.29) is 22.6 Å². The number of carbonyl (C=O) groups is 3. The molecule has 7 heteroatoms. The molecule has 3 aromatic carbocycles. The average molecular weight is 497 g/mol. The van der Waals surface area contributed by atoms with Gasteiger partial charge in [0.15, 0.2) is 11.8 Å². The minimum absolute atomic E-state index is 0.0843. The Balaban J connectivity index is 1.47. The van der Waals surface area contributed by atoms with Crippen LogP contribution in [-0.4, -0.2) is 33.8 Å². The number of nitrogens with zero attached hydrogens (tertiary/aromatic N) is 1. The number of amides is 2. The number of ether oxygens (including phenoxy) is 1. The molecule has 0 spiro atoms. The van der Waals surface area contributed by atoms with Gasteiger partial charge >= 0.3 is 5.97 Å². The van der Waals surface area contributed by atoms with Crippen molar-refractivity contribution in [2.75, 3.05) is 5.75 Å². The number of β-lactam (4-membered cyclic amide) rings is 1. The summed E-state index contributed by atoms with van der Waals surface area (Å²) in [6.45, 7) is 3.91. The highest BCUT2D eigenvalue weighted by Crippen LogP contribution is 2.40. The van der Waals surface area contributed by atoms with Crippen molar-refractivity contribution in [3.8, 4) is 0 Å². The number of nitrogens with one attached hydrogen (secondary N) is 1. The Kier molecular flexibility index (Phi) is 6.73. The van der Waals surface area contributed by atoms with Crippen LogP contribution < -0.4 is 5.32 Å². The number of hydrogen-bond donors (Lipinski definition) is 1. The molecular weight excluding hydrogens is 472 g/mol. The van der Waals surface area contributed by atoms with Crippen LogP contribution in [0.3, 0.4) is 0 Å². The Hall–Kier alpha value is -4.10. The van der Waals surface area contributed by atoms with Gasteiger partial charge < -0.3 is 10.1 Å². The molecule has 2 amide bonds. The summed E-state index contributed by atoms with van der Waals surface area (Å²) in [7, 11) is 0. The van der Waals surface area contributed by atoms with Crippen LogP contribution in [0.15, 0.2) is 109 Å². The van der Waals surface area contributed by atoms with Crippen molar-refractivity contribution in [2.45, 2.75) is 17.9 Å². The predicted octanol–water partition coefficient (Wildman–Crippen LogP) is 4.67. The maximum atomic E-state index is 13.7. The summed E-state index contributed by atoms with van der Waals surface area (Å²) in [5, 5.41) is 2.68. The van der Waals surface area contributed by atoms with E-state index in [1.807, 2.05) is 78.9 Å². The number of fused-ring (bicyclic) bond motifs is 1. The second-order valence-electron chi connectivity index (χ2n) is 8.47. The molecule has 0 aliphatic carbocycles. The Morgan fingerprint density at radius 3 is 2.03 bits per heavy atom. The van der Waals surface area contributed by atoms with Crippen LogP contribution in [0.25, 0.3) is 5.57 Å². The smallest absolute Gasteiger partial charge is 0.357 e. The molecule has 180 valence electrons. The maximum Gasteiger partial charge on any atom is 0.357 e. The van der Waals surface area contributed by atoms with Gasteiger partial charge in [0.1, 0.15) is 0 Å². The van der Waals surface area contributed by atoms with Crippen molar-refractivity contribution in [3.05, 3.63) is 126 Å². The zero-order chi connectivity index (χ0) is 25.1. The summed E-state index contributed by atoms with van der Waals surface area (Å²) in [6, 6.07) is 27.9. The Bertz CT molecular complexity index is 1300. The van der Waals surface area contributed by atoms with Crippen molar-refractivity contribution in [3.63, 3.8) is 0 Å². The van der Waals surface area contributed by atoms with Crippen LogP contribution in [0.4, 0.5) is 0 Å². The monoisotopic (exact) mass is 496 g/mol. The van der Waals surface area contributed by atoms with Crippen molar-refractivity contribution in [2.24, 2.45) is 0 Å². The SMILES string of the molecule is C=C(C(=O)NC1=C(C(=O)OC(c2ccccc2)c2ccccc2)N2C(=O)C[C@H]2SC1)c1ccccc1. The first kappa shape index (κ1) is 23.6. The molecule has 0 saturated carbocycles. The Labute approximate surface area is 213 Å². The molecule has 2 aliphatic heterocycles. The van der Waals surface area contributed by atoms with Gasteiger partial charge in [-0.05, 0) is 16.7 Å². The van der Waals surface area contributed by atoms with Crippen molar-refractivity contribution in [1.29, 1.82) is 0 Å². The minimum atomic E-state index is -0.673. The van der Waals surface area contributed by atoms with E-state index in [0.717, 1.165) is 11.1 Å². The third-order valence-electron chi connectivity index (χ3n) is 6.14. The molecule has 5 rings (SSSR count). The molecular formula is C29H24N2O4S. The molecule has 1 fully saturated rings. The summed E-state index contributed by atoms with van der Waals surface area (Å²) in [6.07, 6.45) is -0.326. The summed E-state index contributed by atoms with van der Waals surface area (Å²) >= 11 is 1.50. The lowest BCUT2D eigenvalue weighted by Gasteiger charge is -2.44. The second kappa shape index (κ2) is 10.3. The summed E-state index contributed by atoms with van der Waals surface area (Å²) in [4.78, 5) is 40.7. The standard InChI is InChI=1S/C29H24N2O4S/c1-19(20-11-5-2-6-12-20)28(33)30-23-18-36-25-17-24(32)31(25)26(23)29(34)35-27(21-13-7-3-8-14-21)22-15-9-4-10-16-22/h2-16,25,27H,1,17-18H2,(H,30,33)/t25-/m1/s1. The molecule has 0 bridgehead atoms. The van der Waals surface area contributed by atoms with E-state index < -0.39 is 18.0 Å². The molecule has 1 saturated heterocycles. The van der Waals surface area contributed by atoms with E-state index in [0.29, 0.717) is 23.4 Å². The van der Waals surface area contributed by atoms with Crippen LogP contribution in [-0.2, 0) is 19.1 Å². The van der Waals surface area contributed by atoms with Gasteiger partial charge in [0.25, 0.3) is 5.91 Å². The van der Waals surface area contributed by atoms with E-state index in [4.69, 9.17) is 4.74 Å². The van der Waals surface area contributed by atoms with Gasteiger partial charge in [-0.1, -0.05) is 97.6 Å². The van der Waals surface area contributed by atoms with Gasteiger partial charge in [-0.25, -0.2) is 4.79 Å². The molecule has 1 N–H and O–H groups in total. The highest BCUT2D eigenvalue weighted by atomic mass is 32.2. The summed E-state index contributed by atoms with van der Waals surface area (Å²) in [5.41, 5.74) is 2.98. The normalized spacial score (nSPS) is 16.8. The van der Waals surface area contributed by atoms with E-state index in [1.54, 1.807) is 12.1 Å². The average Bonchev–Trinajstić information content (AvgIpc) is 2.92. The number of thioether (sulfide) groups is 1. The van der Waals surface area contributed by atoms with E-state index in [2.05, 4.69) is 11.9 Å². The van der Waals surface area contributed by atoms with Crippen LogP contribution in [0.1, 0.15) is 29.2 Å². The minimum Gasteiger partial charge on any atom is -0.448 e. The lowest BCUT2D eigenvalue weighted by molar-refractivity contribution is -0.151. The van der Waals surface area contributed by atoms with Crippen LogP contribution in [0.2, 0.25) is 0 Å². The summed E-state index contributed by atoms with van der Waals surface area (Å²) in [5.74, 6) is -0.903. The first-order chi connectivity index (χ1) is 17.5. The topological polar surface area (TPSA) is 75.7 Å². The van der Waals surface area contributed by atoms with Crippen LogP contribution >= 0.6 is 11.8 Å². The Morgan fingerprint density at radius 1 is 0.917 bits per heavy atom. The van der Waals surface area contributed by atoms with Crippen molar-refractivity contribution in [1.82, 2.24) is 10.2 Å². The third-order valence-corrected chi connectivity index (χ3v) is 7.35. The highest BCUT2D eigenvalue weighted by Gasteiger charge is 2.46. The lowest BCUT2D eigenvalue weighted by atomic mass is 10.0. The van der Waals surface area contributed by atoms with Gasteiger partial charge in [-0.2, -0.15) is 0 Å². The molecule has 36 heavy (non-hydrogen) atoms. The highest BCUT2D eigenvalue weighted by molar-refractivity contribution is 8.00. The number of carbonyl (C=O) groups excluding carboxylic acids is 3. The molecule has 6 nitrogen and oxygen atoms in total. The molecule has 0 unspecified atom stereocenters. The van der Waals surface area contributed by atoms with E-state index >= 15 is 0 Å². The Morgan fingerprint density at radius 2 is 1.47 bits per heavy atom. The quantitative estimate of drug-likeness (QED) is 0.292. The van der Waals surface area contributed by atoms with E-state index in [1.165, 1.54) is 16.7 Å². The van der Waals surface area contributed by atoms with Gasteiger partial charge in [0, 0.05) is 11.3 Å².